The predicted molar refractivity (Wildman–Crippen MR) is 138 cm³/mol. The van der Waals surface area contributed by atoms with Crippen molar-refractivity contribution in [2.75, 3.05) is 30.3 Å². The number of benzene rings is 2. The summed E-state index contributed by atoms with van der Waals surface area (Å²) in [5.74, 6) is -0.722. The molecule has 1 unspecified atom stereocenters. The molecule has 0 aliphatic carbocycles. The van der Waals surface area contributed by atoms with E-state index in [9.17, 15) is 14.3 Å². The van der Waals surface area contributed by atoms with Gasteiger partial charge in [0, 0.05) is 49.2 Å². The molecule has 0 radical (unpaired) electrons. The van der Waals surface area contributed by atoms with Crippen LogP contribution in [-0.2, 0) is 11.2 Å². The minimum atomic E-state index is -0.596. The maximum absolute atomic E-state index is 14.2. The number of halogens is 1. The number of likely N-dealkylation sites (tertiary alicyclic amines) is 1. The Morgan fingerprint density at radius 3 is 2.76 bits per heavy atom. The van der Waals surface area contributed by atoms with Crippen LogP contribution < -0.4 is 10.6 Å². The zero-order chi connectivity index (χ0) is 25.5. The number of nitrogens with zero attached hydrogens (tertiary/aromatic N) is 6. The quantitative estimate of drug-likeness (QED) is 0.412. The van der Waals surface area contributed by atoms with E-state index in [-0.39, 0.29) is 23.5 Å². The second-order valence-electron chi connectivity index (χ2n) is 9.44. The number of aromatic hydroxyl groups is 1. The van der Waals surface area contributed by atoms with Crippen LogP contribution in [0.1, 0.15) is 24.4 Å². The summed E-state index contributed by atoms with van der Waals surface area (Å²) in [5.41, 5.74) is 9.32. The van der Waals surface area contributed by atoms with Gasteiger partial charge in [-0.2, -0.15) is 5.10 Å². The minimum absolute atomic E-state index is 0.107. The highest BCUT2D eigenvalue weighted by molar-refractivity contribution is 6.02. The largest absolute Gasteiger partial charge is 0.508 e. The van der Waals surface area contributed by atoms with Crippen LogP contribution in [0.15, 0.2) is 61.1 Å². The number of phenols is 1. The van der Waals surface area contributed by atoms with Crippen LogP contribution >= 0.6 is 0 Å². The molecule has 10 heteroatoms. The molecule has 1 saturated heterocycles. The minimum Gasteiger partial charge on any atom is -0.508 e. The summed E-state index contributed by atoms with van der Waals surface area (Å²) in [5, 5.41) is 15.3. The van der Waals surface area contributed by atoms with Gasteiger partial charge < -0.3 is 20.6 Å². The number of phenolic OH excluding ortho intramolecular Hbond substituents is 1. The fourth-order valence-corrected chi connectivity index (χ4v) is 5.26. The van der Waals surface area contributed by atoms with Crippen molar-refractivity contribution in [1.29, 1.82) is 0 Å². The van der Waals surface area contributed by atoms with Crippen molar-refractivity contribution in [2.45, 2.75) is 25.3 Å². The highest BCUT2D eigenvalue weighted by atomic mass is 19.1. The number of fused-ring (bicyclic) bond motifs is 2. The van der Waals surface area contributed by atoms with E-state index in [1.807, 2.05) is 30.5 Å². The molecular weight excluding hydrogens is 473 g/mol. The first-order chi connectivity index (χ1) is 18.0. The van der Waals surface area contributed by atoms with Crippen molar-refractivity contribution in [3.05, 3.63) is 72.4 Å². The summed E-state index contributed by atoms with van der Waals surface area (Å²) in [6.45, 7) is 2.29. The van der Waals surface area contributed by atoms with Crippen LogP contribution in [0.4, 0.5) is 15.9 Å². The lowest BCUT2D eigenvalue weighted by molar-refractivity contribution is -0.114. The third-order valence-electron chi connectivity index (χ3n) is 6.99. The van der Waals surface area contributed by atoms with E-state index in [0.29, 0.717) is 35.3 Å². The monoisotopic (exact) mass is 499 g/mol. The van der Waals surface area contributed by atoms with Gasteiger partial charge in [-0.3, -0.25) is 4.79 Å². The SMILES string of the molecule is Nc1ncnc2c1c(-c1cc(O)cc(F)c1)nn2C1Cc2ccccc2N(C(=O)/C=C/N2CCCC2)C1. The van der Waals surface area contributed by atoms with Crippen molar-refractivity contribution < 1.29 is 14.3 Å². The highest BCUT2D eigenvalue weighted by Crippen LogP contribution is 2.37. The number of amides is 1. The molecule has 0 saturated carbocycles. The van der Waals surface area contributed by atoms with E-state index in [2.05, 4.69) is 14.9 Å². The molecule has 0 bridgehead atoms. The number of hydrogen-bond acceptors (Lipinski definition) is 7. The smallest absolute Gasteiger partial charge is 0.252 e. The molecule has 1 fully saturated rings. The number of hydrogen-bond donors (Lipinski definition) is 2. The molecular formula is C27H26FN7O2. The van der Waals surface area contributed by atoms with Gasteiger partial charge in [-0.15, -0.1) is 0 Å². The fraction of sp³-hybridized carbons (Fsp3) is 0.259. The molecule has 6 rings (SSSR count). The zero-order valence-corrected chi connectivity index (χ0v) is 20.1. The Morgan fingerprint density at radius 2 is 1.95 bits per heavy atom. The topological polar surface area (TPSA) is 113 Å². The Hall–Kier alpha value is -4.47. The van der Waals surface area contributed by atoms with Crippen LogP contribution in [0.2, 0.25) is 0 Å². The second kappa shape index (κ2) is 9.20. The van der Waals surface area contributed by atoms with Crippen LogP contribution in [0.25, 0.3) is 22.3 Å². The molecule has 2 aliphatic rings. The number of para-hydroxylation sites is 1. The van der Waals surface area contributed by atoms with Gasteiger partial charge in [0.2, 0.25) is 0 Å². The van der Waals surface area contributed by atoms with Crippen LogP contribution in [0.5, 0.6) is 5.75 Å². The van der Waals surface area contributed by atoms with Crippen molar-refractivity contribution in [1.82, 2.24) is 24.6 Å². The Morgan fingerprint density at radius 1 is 1.14 bits per heavy atom. The van der Waals surface area contributed by atoms with Gasteiger partial charge in [0.1, 0.15) is 29.4 Å². The lowest BCUT2D eigenvalue weighted by Crippen LogP contribution is -2.40. The zero-order valence-electron chi connectivity index (χ0n) is 20.1. The molecule has 1 amide bonds. The maximum Gasteiger partial charge on any atom is 0.252 e. The maximum atomic E-state index is 14.2. The van der Waals surface area contributed by atoms with E-state index in [0.717, 1.165) is 43.2 Å². The molecule has 2 aromatic heterocycles. The molecule has 188 valence electrons. The van der Waals surface area contributed by atoms with Gasteiger partial charge in [0.25, 0.3) is 5.91 Å². The van der Waals surface area contributed by atoms with Crippen LogP contribution in [0, 0.1) is 5.82 Å². The van der Waals surface area contributed by atoms with Gasteiger partial charge in [0.05, 0.1) is 11.4 Å². The summed E-state index contributed by atoms with van der Waals surface area (Å²) >= 11 is 0. The molecule has 2 aliphatic heterocycles. The first-order valence-corrected chi connectivity index (χ1v) is 12.3. The molecule has 9 nitrogen and oxygen atoms in total. The third-order valence-corrected chi connectivity index (χ3v) is 6.99. The van der Waals surface area contributed by atoms with E-state index >= 15 is 0 Å². The molecule has 4 heterocycles. The number of aromatic nitrogens is 4. The molecule has 0 spiro atoms. The Kier molecular flexibility index (Phi) is 5.71. The predicted octanol–water partition coefficient (Wildman–Crippen LogP) is 3.66. The number of anilines is 2. The van der Waals surface area contributed by atoms with Crippen LogP contribution in [0.3, 0.4) is 0 Å². The fourth-order valence-electron chi connectivity index (χ4n) is 5.26. The van der Waals surface area contributed by atoms with Gasteiger partial charge >= 0.3 is 0 Å². The van der Waals surface area contributed by atoms with Crippen molar-refractivity contribution >= 4 is 28.4 Å². The van der Waals surface area contributed by atoms with Gasteiger partial charge in [-0.05, 0) is 43.0 Å². The van der Waals surface area contributed by atoms with Crippen molar-refractivity contribution in [3.63, 3.8) is 0 Å². The summed E-state index contributed by atoms with van der Waals surface area (Å²) in [7, 11) is 0. The third kappa shape index (κ3) is 4.24. The lowest BCUT2D eigenvalue weighted by atomic mass is 9.97. The standard InChI is InChI=1S/C27H26FN7O2/c28-19-11-18(13-21(36)14-19)25-24-26(29)30-16-31-27(24)35(32-25)20-12-17-5-1-2-6-22(17)34(15-20)23(37)7-10-33-8-3-4-9-33/h1-2,5-7,10-11,13-14,16,20,36H,3-4,8-9,12,15H2,(H2,29,30,31)/b10-7+. The number of carbonyl (C=O) groups excluding carboxylic acids is 1. The molecule has 4 aromatic rings. The molecule has 1 atom stereocenters. The first kappa shape index (κ1) is 23.0. The van der Waals surface area contributed by atoms with E-state index in [1.165, 1.54) is 18.5 Å². The summed E-state index contributed by atoms with van der Waals surface area (Å²) < 4.78 is 15.9. The number of nitrogens with two attached hydrogens (primary N) is 1. The Bertz CT molecular complexity index is 1510. The van der Waals surface area contributed by atoms with E-state index in [1.54, 1.807) is 15.7 Å². The highest BCUT2D eigenvalue weighted by Gasteiger charge is 2.31. The first-order valence-electron chi connectivity index (χ1n) is 12.3. The summed E-state index contributed by atoms with van der Waals surface area (Å²) in [6.07, 6.45) is 7.76. The van der Waals surface area contributed by atoms with E-state index < -0.39 is 5.82 Å². The number of nitrogen functional groups attached to an aromatic ring is 1. The molecule has 37 heavy (non-hydrogen) atoms. The van der Waals surface area contributed by atoms with Crippen molar-refractivity contribution in [2.24, 2.45) is 0 Å². The summed E-state index contributed by atoms with van der Waals surface area (Å²) in [4.78, 5) is 25.9. The lowest BCUT2D eigenvalue weighted by Gasteiger charge is -2.34. The van der Waals surface area contributed by atoms with Crippen molar-refractivity contribution in [3.8, 4) is 17.0 Å². The Balaban J connectivity index is 1.42. The normalized spacial score (nSPS) is 17.6. The van der Waals surface area contributed by atoms with Gasteiger partial charge in [-0.25, -0.2) is 19.0 Å². The second-order valence-corrected chi connectivity index (χ2v) is 9.44. The molecule has 2 aromatic carbocycles. The molecule has 3 N–H and O–H groups in total. The van der Waals surface area contributed by atoms with E-state index in [4.69, 9.17) is 10.8 Å². The summed E-state index contributed by atoms with van der Waals surface area (Å²) in [6, 6.07) is 11.3. The van der Waals surface area contributed by atoms with Crippen LogP contribution in [-0.4, -0.2) is 55.3 Å². The average molecular weight is 500 g/mol. The Labute approximate surface area is 212 Å². The number of rotatable bonds is 4. The van der Waals surface area contributed by atoms with Gasteiger partial charge in [-0.1, -0.05) is 18.2 Å². The van der Waals surface area contributed by atoms with Gasteiger partial charge in [0.15, 0.2) is 5.65 Å². The average Bonchev–Trinajstić information content (AvgIpc) is 3.55. The number of carbonyl (C=O) groups is 1.